The number of rotatable bonds is 4. The van der Waals surface area contributed by atoms with Crippen LogP contribution in [-0.2, 0) is 0 Å². The lowest BCUT2D eigenvalue weighted by Gasteiger charge is -2.26. The molecule has 0 aliphatic heterocycles. The Morgan fingerprint density at radius 2 is 1.31 bits per heavy atom. The fourth-order valence-corrected chi connectivity index (χ4v) is 7.12. The molecule has 0 bridgehead atoms. The zero-order chi connectivity index (χ0) is 27.6. The SMILES string of the molecule is c1ccc(-c2nc3cc4sc5cccc(N(c6ccccc6)c6ccc7c(c6)oc6ccccc67)c5c4cc3o2)cc1. The second-order valence-corrected chi connectivity index (χ2v) is 11.5. The van der Waals surface area contributed by atoms with E-state index in [1.54, 1.807) is 11.3 Å². The summed E-state index contributed by atoms with van der Waals surface area (Å²) in [5.74, 6) is 0.637. The van der Waals surface area contributed by atoms with Crippen LogP contribution in [0.1, 0.15) is 0 Å². The Bertz CT molecular complexity index is 2420. The van der Waals surface area contributed by atoms with Crippen molar-refractivity contribution in [3.8, 4) is 11.5 Å². The number of anilines is 3. The summed E-state index contributed by atoms with van der Waals surface area (Å²) in [6.07, 6.45) is 0. The van der Waals surface area contributed by atoms with Crippen molar-refractivity contribution in [2.45, 2.75) is 0 Å². The first kappa shape index (κ1) is 23.3. The van der Waals surface area contributed by atoms with Crippen molar-refractivity contribution >= 4 is 81.6 Å². The van der Waals surface area contributed by atoms with E-state index in [0.29, 0.717) is 5.89 Å². The first-order valence-corrected chi connectivity index (χ1v) is 14.7. The van der Waals surface area contributed by atoms with Gasteiger partial charge in [0, 0.05) is 53.9 Å². The highest BCUT2D eigenvalue weighted by Gasteiger charge is 2.21. The number of hydrogen-bond donors (Lipinski definition) is 0. The van der Waals surface area contributed by atoms with Gasteiger partial charge in [0.15, 0.2) is 5.58 Å². The molecule has 198 valence electrons. The quantitative estimate of drug-likeness (QED) is 0.215. The topological polar surface area (TPSA) is 42.4 Å². The molecule has 0 saturated heterocycles. The maximum Gasteiger partial charge on any atom is 0.227 e. The lowest BCUT2D eigenvalue weighted by molar-refractivity contribution is 0.620. The Labute approximate surface area is 244 Å². The Morgan fingerprint density at radius 1 is 0.524 bits per heavy atom. The Morgan fingerprint density at radius 3 is 2.19 bits per heavy atom. The van der Waals surface area contributed by atoms with Gasteiger partial charge in [-0.05, 0) is 66.7 Å². The van der Waals surface area contributed by atoms with Crippen LogP contribution in [0, 0.1) is 0 Å². The molecule has 5 heteroatoms. The van der Waals surface area contributed by atoms with Gasteiger partial charge in [-0.1, -0.05) is 60.7 Å². The van der Waals surface area contributed by atoms with Crippen molar-refractivity contribution in [1.82, 2.24) is 4.98 Å². The van der Waals surface area contributed by atoms with Crippen LogP contribution in [0.5, 0.6) is 0 Å². The number of para-hydroxylation sites is 2. The van der Waals surface area contributed by atoms with Crippen LogP contribution >= 0.6 is 11.3 Å². The van der Waals surface area contributed by atoms with Gasteiger partial charge in [0.1, 0.15) is 16.7 Å². The van der Waals surface area contributed by atoms with Gasteiger partial charge in [0.25, 0.3) is 0 Å². The van der Waals surface area contributed by atoms with E-state index in [1.165, 1.54) is 14.8 Å². The Balaban J connectivity index is 1.28. The van der Waals surface area contributed by atoms with E-state index in [0.717, 1.165) is 61.1 Å². The minimum atomic E-state index is 0.637. The molecular formula is C37H22N2O2S. The second-order valence-electron chi connectivity index (χ2n) is 10.4. The third kappa shape index (κ3) is 3.57. The van der Waals surface area contributed by atoms with E-state index in [2.05, 4.69) is 95.9 Å². The number of fused-ring (bicyclic) bond motifs is 7. The van der Waals surface area contributed by atoms with Gasteiger partial charge in [0.2, 0.25) is 5.89 Å². The maximum absolute atomic E-state index is 6.30. The zero-order valence-corrected chi connectivity index (χ0v) is 23.1. The molecule has 0 N–H and O–H groups in total. The summed E-state index contributed by atoms with van der Waals surface area (Å²) in [4.78, 5) is 7.14. The summed E-state index contributed by atoms with van der Waals surface area (Å²) in [6, 6.07) is 46.1. The molecule has 0 aliphatic carbocycles. The van der Waals surface area contributed by atoms with Crippen LogP contribution in [0.15, 0.2) is 142 Å². The molecule has 9 rings (SSSR count). The number of benzene rings is 6. The van der Waals surface area contributed by atoms with Gasteiger partial charge in [-0.25, -0.2) is 4.98 Å². The number of nitrogens with zero attached hydrogens (tertiary/aromatic N) is 2. The first-order valence-electron chi connectivity index (χ1n) is 13.9. The van der Waals surface area contributed by atoms with Crippen molar-refractivity contribution in [3.63, 3.8) is 0 Å². The average molecular weight is 559 g/mol. The van der Waals surface area contributed by atoms with Crippen LogP contribution in [0.4, 0.5) is 17.1 Å². The molecule has 0 amide bonds. The Kier molecular flexibility index (Phi) is 5.03. The van der Waals surface area contributed by atoms with Crippen molar-refractivity contribution < 1.29 is 8.83 Å². The van der Waals surface area contributed by atoms with Gasteiger partial charge < -0.3 is 13.7 Å². The van der Waals surface area contributed by atoms with E-state index in [4.69, 9.17) is 13.8 Å². The summed E-state index contributed by atoms with van der Waals surface area (Å²) in [7, 11) is 0. The number of thiophene rings is 1. The van der Waals surface area contributed by atoms with Crippen molar-refractivity contribution in [3.05, 3.63) is 133 Å². The fraction of sp³-hybridized carbons (Fsp3) is 0. The van der Waals surface area contributed by atoms with E-state index in [9.17, 15) is 0 Å². The molecule has 0 atom stereocenters. The normalized spacial score (nSPS) is 11.8. The molecule has 3 aromatic heterocycles. The predicted octanol–water partition coefficient (Wildman–Crippen LogP) is 11.2. The third-order valence-corrected chi connectivity index (χ3v) is 9.00. The van der Waals surface area contributed by atoms with Gasteiger partial charge in [-0.15, -0.1) is 11.3 Å². The van der Waals surface area contributed by atoms with E-state index in [-0.39, 0.29) is 0 Å². The largest absolute Gasteiger partial charge is 0.456 e. The van der Waals surface area contributed by atoms with E-state index < -0.39 is 0 Å². The second kappa shape index (κ2) is 9.06. The summed E-state index contributed by atoms with van der Waals surface area (Å²) >= 11 is 1.78. The molecule has 0 spiro atoms. The van der Waals surface area contributed by atoms with Crippen LogP contribution < -0.4 is 4.90 Å². The molecule has 0 aliphatic rings. The van der Waals surface area contributed by atoms with Crippen molar-refractivity contribution in [1.29, 1.82) is 0 Å². The molecule has 6 aromatic carbocycles. The van der Waals surface area contributed by atoms with Crippen LogP contribution in [0.2, 0.25) is 0 Å². The lowest BCUT2D eigenvalue weighted by atomic mass is 10.1. The van der Waals surface area contributed by atoms with Crippen LogP contribution in [0.3, 0.4) is 0 Å². The molecule has 4 nitrogen and oxygen atoms in total. The molecule has 42 heavy (non-hydrogen) atoms. The zero-order valence-electron chi connectivity index (χ0n) is 22.3. The molecule has 3 heterocycles. The smallest absolute Gasteiger partial charge is 0.227 e. The highest BCUT2D eigenvalue weighted by molar-refractivity contribution is 7.26. The molecule has 9 aromatic rings. The standard InChI is InChI=1S/C37H22N2O2S/c1-3-10-23(11-4-1)37-38-29-22-35-28(21-33(29)41-37)36-30(15-9-17-34(36)42-35)39(24-12-5-2-6-13-24)25-18-19-27-26-14-7-8-16-31(26)40-32(27)20-25/h1-22H. The van der Waals surface area contributed by atoms with Gasteiger partial charge in [0.05, 0.1) is 5.69 Å². The van der Waals surface area contributed by atoms with Gasteiger partial charge >= 0.3 is 0 Å². The minimum absolute atomic E-state index is 0.637. The summed E-state index contributed by atoms with van der Waals surface area (Å²) in [6.45, 7) is 0. The van der Waals surface area contributed by atoms with Crippen LogP contribution in [0.25, 0.3) is 64.7 Å². The highest BCUT2D eigenvalue weighted by atomic mass is 32.1. The first-order chi connectivity index (χ1) is 20.8. The summed E-state index contributed by atoms with van der Waals surface area (Å²) in [5, 5.41) is 4.58. The Hall–Kier alpha value is -5.39. The summed E-state index contributed by atoms with van der Waals surface area (Å²) in [5.41, 5.74) is 7.59. The average Bonchev–Trinajstić information content (AvgIpc) is 3.73. The van der Waals surface area contributed by atoms with E-state index >= 15 is 0 Å². The molecule has 0 fully saturated rings. The molecule has 0 saturated carbocycles. The fourth-order valence-electron chi connectivity index (χ4n) is 5.98. The number of oxazole rings is 1. The number of furan rings is 1. The van der Waals surface area contributed by atoms with E-state index in [1.807, 2.05) is 42.5 Å². The van der Waals surface area contributed by atoms with Crippen molar-refractivity contribution in [2.24, 2.45) is 0 Å². The monoisotopic (exact) mass is 558 g/mol. The minimum Gasteiger partial charge on any atom is -0.456 e. The lowest BCUT2D eigenvalue weighted by Crippen LogP contribution is -2.10. The molecule has 0 unspecified atom stereocenters. The maximum atomic E-state index is 6.30. The molecule has 0 radical (unpaired) electrons. The van der Waals surface area contributed by atoms with Gasteiger partial charge in [-0.2, -0.15) is 0 Å². The molecular weight excluding hydrogens is 536 g/mol. The number of hydrogen-bond acceptors (Lipinski definition) is 5. The van der Waals surface area contributed by atoms with Crippen LogP contribution in [-0.4, -0.2) is 4.98 Å². The summed E-state index contributed by atoms with van der Waals surface area (Å²) < 4.78 is 15.0. The van der Waals surface area contributed by atoms with Crippen molar-refractivity contribution in [2.75, 3.05) is 4.90 Å². The number of aromatic nitrogens is 1. The highest BCUT2D eigenvalue weighted by Crippen LogP contribution is 2.46. The third-order valence-electron chi connectivity index (χ3n) is 7.88. The van der Waals surface area contributed by atoms with Gasteiger partial charge in [-0.3, -0.25) is 0 Å². The predicted molar refractivity (Wildman–Crippen MR) is 174 cm³/mol.